The Hall–Kier alpha value is -3.64. The minimum absolute atomic E-state index is 0.0323. The summed E-state index contributed by atoms with van der Waals surface area (Å²) in [5.74, 6) is 0.214. The van der Waals surface area contributed by atoms with Crippen LogP contribution in [0.2, 0.25) is 0 Å². The molecule has 1 aliphatic carbocycles. The van der Waals surface area contributed by atoms with E-state index in [-0.39, 0.29) is 24.0 Å². The van der Waals surface area contributed by atoms with Crippen molar-refractivity contribution < 1.29 is 14.3 Å². The molecule has 41 heavy (non-hydrogen) atoms. The lowest BCUT2D eigenvalue weighted by Gasteiger charge is -2.37. The second-order valence-corrected chi connectivity index (χ2v) is 11.8. The smallest absolute Gasteiger partial charge is 0.302 e. The molecule has 6 heteroatoms. The van der Waals surface area contributed by atoms with Crippen molar-refractivity contribution in [3.8, 4) is 0 Å². The van der Waals surface area contributed by atoms with Crippen molar-refractivity contribution in [2.45, 2.75) is 63.6 Å². The van der Waals surface area contributed by atoms with Gasteiger partial charge in [0.2, 0.25) is 0 Å². The van der Waals surface area contributed by atoms with Gasteiger partial charge in [0.25, 0.3) is 5.91 Å². The Morgan fingerprint density at radius 1 is 0.878 bits per heavy atom. The number of fused-ring (bicyclic) bond motifs is 1. The molecule has 1 saturated carbocycles. The molecule has 0 bridgehead atoms. The molecule has 214 valence electrons. The lowest BCUT2D eigenvalue weighted by Crippen LogP contribution is -2.47. The number of amides is 1. The van der Waals surface area contributed by atoms with Crippen LogP contribution in [0.25, 0.3) is 0 Å². The maximum atomic E-state index is 13.6. The number of hydrogen-bond donors (Lipinski definition) is 0. The molecule has 2 heterocycles. The summed E-state index contributed by atoms with van der Waals surface area (Å²) in [4.78, 5) is 32.2. The molecule has 3 aromatic rings. The molecule has 2 unspecified atom stereocenters. The number of esters is 1. The van der Waals surface area contributed by atoms with E-state index >= 15 is 0 Å². The lowest BCUT2D eigenvalue weighted by molar-refractivity contribution is -0.151. The highest BCUT2D eigenvalue weighted by molar-refractivity contribution is 5.99. The summed E-state index contributed by atoms with van der Waals surface area (Å²) in [5.41, 5.74) is 5.77. The average Bonchev–Trinajstić information content (AvgIpc) is 3.34. The Labute approximate surface area is 243 Å². The molecule has 6 rings (SSSR count). The Balaban J connectivity index is 1.07. The van der Waals surface area contributed by atoms with Gasteiger partial charge in [-0.3, -0.25) is 14.5 Å². The van der Waals surface area contributed by atoms with Crippen molar-refractivity contribution in [1.82, 2.24) is 9.80 Å². The third-order valence-corrected chi connectivity index (χ3v) is 9.19. The molecule has 6 nitrogen and oxygen atoms in total. The molecule has 3 aromatic carbocycles. The van der Waals surface area contributed by atoms with Crippen LogP contribution in [0.1, 0.15) is 72.0 Å². The van der Waals surface area contributed by atoms with Gasteiger partial charge in [-0.25, -0.2) is 0 Å². The van der Waals surface area contributed by atoms with Gasteiger partial charge in [0.1, 0.15) is 6.10 Å². The van der Waals surface area contributed by atoms with Gasteiger partial charge in [0, 0.05) is 56.8 Å². The van der Waals surface area contributed by atoms with Crippen molar-refractivity contribution in [3.63, 3.8) is 0 Å². The van der Waals surface area contributed by atoms with E-state index in [4.69, 9.17) is 4.74 Å². The molecule has 1 amide bonds. The monoisotopic (exact) mass is 551 g/mol. The Morgan fingerprint density at radius 2 is 1.54 bits per heavy atom. The second-order valence-electron chi connectivity index (χ2n) is 11.8. The Kier molecular flexibility index (Phi) is 8.38. The minimum atomic E-state index is -0.261. The zero-order chi connectivity index (χ0) is 28.2. The summed E-state index contributed by atoms with van der Waals surface area (Å²) in [7, 11) is 0. The number of anilines is 1. The van der Waals surface area contributed by atoms with Crippen molar-refractivity contribution in [2.24, 2.45) is 0 Å². The number of piperazine rings is 1. The van der Waals surface area contributed by atoms with Crippen LogP contribution in [0.5, 0.6) is 0 Å². The number of nitrogens with zero attached hydrogens (tertiary/aromatic N) is 3. The number of ether oxygens (including phenoxy) is 1. The normalized spacial score (nSPS) is 21.3. The van der Waals surface area contributed by atoms with Gasteiger partial charge in [0.05, 0.1) is 6.04 Å². The summed E-state index contributed by atoms with van der Waals surface area (Å²) in [6.07, 6.45) is 4.72. The van der Waals surface area contributed by atoms with E-state index in [1.165, 1.54) is 18.1 Å². The maximum Gasteiger partial charge on any atom is 0.302 e. The minimum Gasteiger partial charge on any atom is -0.460 e. The largest absolute Gasteiger partial charge is 0.460 e. The second kappa shape index (κ2) is 12.5. The molecule has 2 aliphatic heterocycles. The highest BCUT2D eigenvalue weighted by Crippen LogP contribution is 2.35. The quantitative estimate of drug-likeness (QED) is 0.328. The fourth-order valence-corrected chi connectivity index (χ4v) is 7.00. The fourth-order valence-electron chi connectivity index (χ4n) is 7.00. The Bertz CT molecular complexity index is 1300. The van der Waals surface area contributed by atoms with Crippen molar-refractivity contribution in [2.75, 3.05) is 37.6 Å². The highest BCUT2D eigenvalue weighted by Gasteiger charge is 2.39. The van der Waals surface area contributed by atoms with Gasteiger partial charge in [-0.2, -0.15) is 0 Å². The third-order valence-electron chi connectivity index (χ3n) is 9.19. The SMILES string of the molecule is CC(=O)OC1CCCCC1N1Cc2ccc(N3CCN(CCC(c4ccccc4)c4ccccc4)CC3)cc2C1=O. The topological polar surface area (TPSA) is 53.1 Å². The molecule has 0 radical (unpaired) electrons. The number of benzene rings is 3. The molecule has 2 fully saturated rings. The number of hydrogen-bond acceptors (Lipinski definition) is 5. The van der Waals surface area contributed by atoms with Gasteiger partial charge in [-0.15, -0.1) is 0 Å². The van der Waals surface area contributed by atoms with Crippen molar-refractivity contribution in [1.29, 1.82) is 0 Å². The van der Waals surface area contributed by atoms with Gasteiger partial charge >= 0.3 is 5.97 Å². The van der Waals surface area contributed by atoms with E-state index in [0.717, 1.165) is 81.6 Å². The summed E-state index contributed by atoms with van der Waals surface area (Å²) in [6, 6.07) is 28.1. The number of carbonyl (C=O) groups excluding carboxylic acids is 2. The summed E-state index contributed by atoms with van der Waals surface area (Å²) >= 11 is 0. The van der Waals surface area contributed by atoms with Crippen LogP contribution in [-0.4, -0.2) is 66.5 Å². The predicted octanol–water partition coefficient (Wildman–Crippen LogP) is 5.86. The first kappa shape index (κ1) is 27.5. The number of carbonyl (C=O) groups is 2. The van der Waals surface area contributed by atoms with E-state index in [1.54, 1.807) is 0 Å². The molecule has 3 aliphatic rings. The molecule has 0 aromatic heterocycles. The first-order valence-electron chi connectivity index (χ1n) is 15.2. The van der Waals surface area contributed by atoms with Crippen LogP contribution in [-0.2, 0) is 16.1 Å². The first-order valence-corrected chi connectivity index (χ1v) is 15.2. The van der Waals surface area contributed by atoms with Crippen LogP contribution in [0.4, 0.5) is 5.69 Å². The van der Waals surface area contributed by atoms with E-state index in [0.29, 0.717) is 12.5 Å². The standard InChI is InChI=1S/C35H41N3O3/c1-26(39)41-34-15-9-8-14-33(34)38-25-29-16-17-30(24-32(29)35(38)40)37-22-20-36(21-23-37)19-18-31(27-10-4-2-5-11-27)28-12-6-3-7-13-28/h2-7,10-13,16-17,24,31,33-34H,8-9,14-15,18-23,25H2,1H3. The van der Waals surface area contributed by atoms with Gasteiger partial charge < -0.3 is 14.5 Å². The van der Waals surface area contributed by atoms with E-state index < -0.39 is 0 Å². The average molecular weight is 552 g/mol. The van der Waals surface area contributed by atoms with Crippen LogP contribution >= 0.6 is 0 Å². The number of rotatable bonds is 8. The van der Waals surface area contributed by atoms with Crippen LogP contribution in [0.15, 0.2) is 78.9 Å². The first-order chi connectivity index (χ1) is 20.1. The van der Waals surface area contributed by atoms with Gasteiger partial charge in [-0.1, -0.05) is 73.2 Å². The van der Waals surface area contributed by atoms with Gasteiger partial charge in [-0.05, 0) is 61.1 Å². The molecule has 0 N–H and O–H groups in total. The lowest BCUT2D eigenvalue weighted by atomic mass is 9.88. The zero-order valence-electron chi connectivity index (χ0n) is 24.1. The molecular formula is C35H41N3O3. The van der Waals surface area contributed by atoms with Crippen LogP contribution in [0.3, 0.4) is 0 Å². The summed E-state index contributed by atoms with van der Waals surface area (Å²) in [6.45, 7) is 7.06. The maximum absolute atomic E-state index is 13.6. The van der Waals surface area contributed by atoms with E-state index in [1.807, 2.05) is 4.90 Å². The molecule has 1 saturated heterocycles. The van der Waals surface area contributed by atoms with Crippen LogP contribution in [0, 0.1) is 0 Å². The van der Waals surface area contributed by atoms with Crippen molar-refractivity contribution >= 4 is 17.6 Å². The summed E-state index contributed by atoms with van der Waals surface area (Å²) < 4.78 is 5.63. The molecule has 2 atom stereocenters. The Morgan fingerprint density at radius 3 is 2.20 bits per heavy atom. The summed E-state index contributed by atoms with van der Waals surface area (Å²) in [5, 5.41) is 0. The van der Waals surface area contributed by atoms with Crippen molar-refractivity contribution in [3.05, 3.63) is 101 Å². The van der Waals surface area contributed by atoms with Gasteiger partial charge in [0.15, 0.2) is 0 Å². The van der Waals surface area contributed by atoms with E-state index in [2.05, 4.69) is 88.7 Å². The fraction of sp³-hybridized carbons (Fsp3) is 0.429. The molecular weight excluding hydrogens is 510 g/mol. The van der Waals surface area contributed by atoms with Crippen LogP contribution < -0.4 is 4.90 Å². The third kappa shape index (κ3) is 6.18. The zero-order valence-corrected chi connectivity index (χ0v) is 24.1. The van der Waals surface area contributed by atoms with E-state index in [9.17, 15) is 9.59 Å². The predicted molar refractivity (Wildman–Crippen MR) is 162 cm³/mol. The molecule has 0 spiro atoms. The highest BCUT2D eigenvalue weighted by atomic mass is 16.5.